The van der Waals surface area contributed by atoms with Gasteiger partial charge < -0.3 is 24.2 Å². The van der Waals surface area contributed by atoms with E-state index in [1.807, 2.05) is 30.3 Å². The summed E-state index contributed by atoms with van der Waals surface area (Å²) in [7, 11) is 4.62. The molecule has 4 rings (SSSR count). The van der Waals surface area contributed by atoms with Gasteiger partial charge in [0, 0.05) is 41.4 Å². The van der Waals surface area contributed by atoms with Crippen LogP contribution >= 0.6 is 0 Å². The molecule has 0 fully saturated rings. The van der Waals surface area contributed by atoms with E-state index >= 15 is 0 Å². The van der Waals surface area contributed by atoms with Crippen molar-refractivity contribution in [3.8, 4) is 34.3 Å². The summed E-state index contributed by atoms with van der Waals surface area (Å²) in [6.07, 6.45) is 1.42. The van der Waals surface area contributed by atoms with Crippen LogP contribution in [0, 0.1) is 0 Å². The summed E-state index contributed by atoms with van der Waals surface area (Å²) in [6, 6.07) is 18.0. The third kappa shape index (κ3) is 5.72. The molecule has 3 aromatic carbocycles. The molecule has 9 nitrogen and oxygen atoms in total. The number of phenols is 1. The number of methoxy groups -OCH3 is 3. The summed E-state index contributed by atoms with van der Waals surface area (Å²) in [6.45, 7) is 5.78. The zero-order valence-corrected chi connectivity index (χ0v) is 22.7. The first-order chi connectivity index (χ1) is 18.9. The van der Waals surface area contributed by atoms with Crippen LogP contribution in [0.3, 0.4) is 0 Å². The number of amides is 1. The average molecular weight is 529 g/mol. The fraction of sp³-hybridized carbons (Fsp3) is 0.233. The molecule has 202 valence electrons. The smallest absolute Gasteiger partial charge is 0.272 e. The molecule has 0 saturated heterocycles. The molecule has 0 bridgehead atoms. The lowest BCUT2D eigenvalue weighted by Crippen LogP contribution is -2.21. The highest BCUT2D eigenvalue weighted by atomic mass is 16.5. The van der Waals surface area contributed by atoms with Crippen LogP contribution < -0.4 is 24.5 Å². The molecule has 0 saturated carbocycles. The van der Waals surface area contributed by atoms with Gasteiger partial charge in [0.2, 0.25) is 5.75 Å². The Labute approximate surface area is 227 Å². The van der Waals surface area contributed by atoms with E-state index in [-0.39, 0.29) is 5.75 Å². The lowest BCUT2D eigenvalue weighted by molar-refractivity contribution is 0.0956. The number of carbonyl (C=O) groups excluding carboxylic acids is 1. The quantitative estimate of drug-likeness (QED) is 0.214. The van der Waals surface area contributed by atoms with E-state index in [1.165, 1.54) is 13.3 Å². The number of anilines is 1. The minimum Gasteiger partial charge on any atom is -0.507 e. The predicted octanol–water partition coefficient (Wildman–Crippen LogP) is 5.24. The molecule has 39 heavy (non-hydrogen) atoms. The highest BCUT2D eigenvalue weighted by molar-refractivity contribution is 6.07. The number of phenolic OH excluding ortho intramolecular Hbond substituents is 1. The van der Waals surface area contributed by atoms with Crippen LogP contribution in [0.4, 0.5) is 5.69 Å². The summed E-state index contributed by atoms with van der Waals surface area (Å²) >= 11 is 0. The zero-order valence-electron chi connectivity index (χ0n) is 22.7. The fourth-order valence-corrected chi connectivity index (χ4v) is 4.39. The van der Waals surface area contributed by atoms with Crippen molar-refractivity contribution in [1.82, 2.24) is 10.4 Å². The number of ether oxygens (including phenoxy) is 3. The Morgan fingerprint density at radius 2 is 1.67 bits per heavy atom. The number of benzene rings is 3. The van der Waals surface area contributed by atoms with Gasteiger partial charge in [-0.2, -0.15) is 5.10 Å². The van der Waals surface area contributed by atoms with E-state index in [0.29, 0.717) is 50.5 Å². The minimum atomic E-state index is -0.419. The maximum atomic E-state index is 13.3. The van der Waals surface area contributed by atoms with E-state index in [1.54, 1.807) is 44.6 Å². The number of hydrazone groups is 1. The molecule has 1 amide bonds. The third-order valence-electron chi connectivity index (χ3n) is 6.43. The number of para-hydroxylation sites is 1. The Kier molecular flexibility index (Phi) is 8.50. The molecule has 0 spiro atoms. The number of rotatable bonds is 10. The van der Waals surface area contributed by atoms with E-state index in [4.69, 9.17) is 19.2 Å². The Bertz CT molecular complexity index is 1490. The lowest BCUT2D eigenvalue weighted by atomic mass is 10.0. The number of nitrogens with one attached hydrogen (secondary N) is 1. The van der Waals surface area contributed by atoms with Crippen LogP contribution in [0.25, 0.3) is 22.2 Å². The van der Waals surface area contributed by atoms with Gasteiger partial charge >= 0.3 is 0 Å². The van der Waals surface area contributed by atoms with Crippen molar-refractivity contribution in [2.75, 3.05) is 39.3 Å². The van der Waals surface area contributed by atoms with E-state index < -0.39 is 5.91 Å². The van der Waals surface area contributed by atoms with Gasteiger partial charge in [-0.3, -0.25) is 4.79 Å². The van der Waals surface area contributed by atoms with Gasteiger partial charge in [-0.25, -0.2) is 10.4 Å². The topological polar surface area (TPSA) is 106 Å². The molecule has 0 radical (unpaired) electrons. The van der Waals surface area contributed by atoms with Crippen LogP contribution in [-0.2, 0) is 0 Å². The van der Waals surface area contributed by atoms with Crippen molar-refractivity contribution in [3.63, 3.8) is 0 Å². The highest BCUT2D eigenvalue weighted by Gasteiger charge is 2.18. The second kappa shape index (κ2) is 12.2. The van der Waals surface area contributed by atoms with Gasteiger partial charge in [0.1, 0.15) is 5.75 Å². The van der Waals surface area contributed by atoms with Crippen LogP contribution in [0.2, 0.25) is 0 Å². The van der Waals surface area contributed by atoms with Gasteiger partial charge in [0.25, 0.3) is 5.91 Å². The monoisotopic (exact) mass is 528 g/mol. The normalized spacial score (nSPS) is 11.0. The van der Waals surface area contributed by atoms with Gasteiger partial charge in [0.15, 0.2) is 11.5 Å². The van der Waals surface area contributed by atoms with E-state index in [0.717, 1.165) is 18.8 Å². The maximum Gasteiger partial charge on any atom is 0.272 e. The highest BCUT2D eigenvalue weighted by Crippen LogP contribution is 2.41. The minimum absolute atomic E-state index is 0.0800. The largest absolute Gasteiger partial charge is 0.507 e. The van der Waals surface area contributed by atoms with E-state index in [2.05, 4.69) is 29.3 Å². The number of pyridine rings is 1. The summed E-state index contributed by atoms with van der Waals surface area (Å²) in [5.41, 5.74) is 6.25. The standard InChI is InChI=1S/C30H32N4O5/c1-6-34(7-2)21-13-12-19(26(35)16-21)18-31-33-30(36)23-17-25(32-24-11-9-8-10-22(23)24)20-14-27(37-3)29(39-5)28(15-20)38-4/h8-18,35H,6-7H2,1-5H3,(H,33,36). The maximum absolute atomic E-state index is 13.3. The fourth-order valence-electron chi connectivity index (χ4n) is 4.39. The Morgan fingerprint density at radius 3 is 2.28 bits per heavy atom. The van der Waals surface area contributed by atoms with Crippen molar-refractivity contribution >= 4 is 28.7 Å². The first kappa shape index (κ1) is 27.3. The molecule has 0 aliphatic rings. The van der Waals surface area contributed by atoms with Crippen molar-refractivity contribution < 1.29 is 24.1 Å². The summed E-state index contributed by atoms with van der Waals surface area (Å²) < 4.78 is 16.4. The first-order valence-electron chi connectivity index (χ1n) is 12.6. The average Bonchev–Trinajstić information content (AvgIpc) is 2.97. The second-order valence-corrected chi connectivity index (χ2v) is 8.60. The first-order valence-corrected chi connectivity index (χ1v) is 12.6. The predicted molar refractivity (Wildman–Crippen MR) is 154 cm³/mol. The van der Waals surface area contributed by atoms with Gasteiger partial charge in [-0.05, 0) is 50.2 Å². The van der Waals surface area contributed by atoms with Gasteiger partial charge in [-0.15, -0.1) is 0 Å². The second-order valence-electron chi connectivity index (χ2n) is 8.60. The Balaban J connectivity index is 1.67. The van der Waals surface area contributed by atoms with E-state index in [9.17, 15) is 9.90 Å². The van der Waals surface area contributed by atoms with Crippen LogP contribution in [0.1, 0.15) is 29.8 Å². The van der Waals surface area contributed by atoms with Crippen LogP contribution in [0.15, 0.2) is 65.8 Å². The number of aromatic nitrogens is 1. The molecule has 0 atom stereocenters. The van der Waals surface area contributed by atoms with Crippen molar-refractivity contribution in [2.45, 2.75) is 13.8 Å². The molecule has 0 unspecified atom stereocenters. The summed E-state index contributed by atoms with van der Waals surface area (Å²) in [5, 5.41) is 15.3. The molecule has 1 aromatic heterocycles. The molecule has 0 aliphatic heterocycles. The summed E-state index contributed by atoms with van der Waals surface area (Å²) in [5.74, 6) is 1.08. The number of fused-ring (bicyclic) bond motifs is 1. The van der Waals surface area contributed by atoms with Gasteiger partial charge in [0.05, 0.1) is 44.3 Å². The van der Waals surface area contributed by atoms with Crippen LogP contribution in [0.5, 0.6) is 23.0 Å². The third-order valence-corrected chi connectivity index (χ3v) is 6.43. The molecule has 0 aliphatic carbocycles. The molecule has 9 heteroatoms. The van der Waals surface area contributed by atoms with Crippen molar-refractivity contribution in [1.29, 1.82) is 0 Å². The zero-order chi connectivity index (χ0) is 27.9. The molecular weight excluding hydrogens is 496 g/mol. The lowest BCUT2D eigenvalue weighted by Gasteiger charge is -2.21. The molecule has 4 aromatic rings. The Hall–Kier alpha value is -4.79. The number of hydrogen-bond acceptors (Lipinski definition) is 8. The number of carbonyl (C=O) groups is 1. The van der Waals surface area contributed by atoms with Gasteiger partial charge in [-0.1, -0.05) is 18.2 Å². The number of nitrogens with zero attached hydrogens (tertiary/aromatic N) is 3. The van der Waals surface area contributed by atoms with Crippen molar-refractivity contribution in [2.24, 2.45) is 5.10 Å². The SMILES string of the molecule is CCN(CC)c1ccc(C=NNC(=O)c2cc(-c3cc(OC)c(OC)c(OC)c3)nc3ccccc23)c(O)c1. The number of aromatic hydroxyl groups is 1. The Morgan fingerprint density at radius 1 is 0.974 bits per heavy atom. The van der Waals surface area contributed by atoms with Crippen LogP contribution in [-0.4, -0.2) is 56.6 Å². The molecule has 2 N–H and O–H groups in total. The molecule has 1 heterocycles. The van der Waals surface area contributed by atoms with Crippen molar-refractivity contribution in [3.05, 3.63) is 71.8 Å². The number of hydrogen-bond donors (Lipinski definition) is 2. The summed E-state index contributed by atoms with van der Waals surface area (Å²) in [4.78, 5) is 20.2. The molecular formula is C30H32N4O5.